The van der Waals surface area contributed by atoms with Crippen molar-refractivity contribution in [3.05, 3.63) is 11.6 Å². The van der Waals surface area contributed by atoms with Crippen LogP contribution in [0.3, 0.4) is 0 Å². The minimum absolute atomic E-state index is 0.434. The summed E-state index contributed by atoms with van der Waals surface area (Å²) in [6.45, 7) is 11.6. The topological polar surface area (TPSA) is 70.4 Å². The van der Waals surface area contributed by atoms with Crippen LogP contribution in [-0.2, 0) is 13.6 Å². The van der Waals surface area contributed by atoms with Crippen LogP contribution in [-0.4, -0.2) is 56.8 Å². The monoisotopic (exact) mass is 375 g/mol. The highest BCUT2D eigenvalue weighted by Gasteiger charge is 2.31. The smallest absolute Gasteiger partial charge is 0.192 e. The first-order chi connectivity index (χ1) is 12.9. The quantitative estimate of drug-likeness (QED) is 0.610. The number of nitrogens with one attached hydrogen (secondary N) is 2. The molecule has 1 aliphatic carbocycles. The number of hydrogen-bond donors (Lipinski definition) is 2. The standard InChI is InChI=1S/C20H37N7/c1-14(2)27-12-15(3)18(13-27)23-20(22-17-9-7-6-8-10-17)21-11-19-25-24-16(4)26(19)5/h14-15,17-18H,6-13H2,1-5H3,(H2,21,22,23). The van der Waals surface area contributed by atoms with Crippen molar-refractivity contribution in [1.29, 1.82) is 0 Å². The second kappa shape index (κ2) is 9.04. The average Bonchev–Trinajstić information content (AvgIpc) is 3.17. The molecule has 1 aliphatic heterocycles. The van der Waals surface area contributed by atoms with Crippen molar-refractivity contribution in [2.45, 2.75) is 84.5 Å². The third kappa shape index (κ3) is 5.21. The van der Waals surface area contributed by atoms with E-state index in [0.717, 1.165) is 30.7 Å². The van der Waals surface area contributed by atoms with Gasteiger partial charge in [-0.15, -0.1) is 10.2 Å². The maximum atomic E-state index is 4.88. The highest BCUT2D eigenvalue weighted by molar-refractivity contribution is 5.80. The Morgan fingerprint density at radius 2 is 1.89 bits per heavy atom. The molecule has 152 valence electrons. The molecule has 1 aromatic heterocycles. The average molecular weight is 376 g/mol. The van der Waals surface area contributed by atoms with Crippen LogP contribution in [0.25, 0.3) is 0 Å². The van der Waals surface area contributed by atoms with Crippen molar-refractivity contribution < 1.29 is 0 Å². The largest absolute Gasteiger partial charge is 0.354 e. The first kappa shape index (κ1) is 20.1. The highest BCUT2D eigenvalue weighted by Crippen LogP contribution is 2.20. The van der Waals surface area contributed by atoms with Crippen LogP contribution in [0, 0.1) is 12.8 Å². The van der Waals surface area contributed by atoms with E-state index in [9.17, 15) is 0 Å². The number of aryl methyl sites for hydroxylation is 1. The summed E-state index contributed by atoms with van der Waals surface area (Å²) in [6.07, 6.45) is 6.46. The first-order valence-electron chi connectivity index (χ1n) is 10.6. The Labute approximate surface area is 164 Å². The van der Waals surface area contributed by atoms with Crippen molar-refractivity contribution in [2.75, 3.05) is 13.1 Å². The zero-order valence-electron chi connectivity index (χ0n) is 17.7. The van der Waals surface area contributed by atoms with Crippen molar-refractivity contribution in [1.82, 2.24) is 30.3 Å². The van der Waals surface area contributed by atoms with Gasteiger partial charge in [-0.1, -0.05) is 26.2 Å². The minimum atomic E-state index is 0.434. The molecule has 1 saturated carbocycles. The lowest BCUT2D eigenvalue weighted by Gasteiger charge is -2.27. The van der Waals surface area contributed by atoms with Crippen molar-refractivity contribution in [3.8, 4) is 0 Å². The van der Waals surface area contributed by atoms with Crippen LogP contribution >= 0.6 is 0 Å². The van der Waals surface area contributed by atoms with Gasteiger partial charge in [-0.2, -0.15) is 0 Å². The molecular formula is C20H37N7. The normalized spacial score (nSPS) is 25.3. The molecule has 0 bridgehead atoms. The van der Waals surface area contributed by atoms with E-state index in [0.29, 0.717) is 30.6 Å². The molecular weight excluding hydrogens is 338 g/mol. The van der Waals surface area contributed by atoms with Gasteiger partial charge in [-0.3, -0.25) is 4.90 Å². The van der Waals surface area contributed by atoms with Crippen molar-refractivity contribution >= 4 is 5.96 Å². The van der Waals surface area contributed by atoms with E-state index in [2.05, 4.69) is 46.5 Å². The molecule has 0 aromatic carbocycles. The van der Waals surface area contributed by atoms with E-state index in [1.54, 1.807) is 0 Å². The van der Waals surface area contributed by atoms with E-state index in [1.165, 1.54) is 32.1 Å². The summed E-state index contributed by atoms with van der Waals surface area (Å²) in [5, 5.41) is 15.8. The lowest BCUT2D eigenvalue weighted by Crippen LogP contribution is -2.50. The van der Waals surface area contributed by atoms with Gasteiger partial charge in [0, 0.05) is 38.3 Å². The van der Waals surface area contributed by atoms with Crippen LogP contribution in [0.1, 0.15) is 64.5 Å². The molecule has 27 heavy (non-hydrogen) atoms. The molecule has 2 N–H and O–H groups in total. The number of hydrogen-bond acceptors (Lipinski definition) is 4. The molecule has 3 rings (SSSR count). The van der Waals surface area contributed by atoms with Gasteiger partial charge in [0.2, 0.25) is 0 Å². The van der Waals surface area contributed by atoms with E-state index in [1.807, 2.05) is 18.5 Å². The van der Waals surface area contributed by atoms with Gasteiger partial charge in [-0.25, -0.2) is 4.99 Å². The Morgan fingerprint density at radius 1 is 1.15 bits per heavy atom. The van der Waals surface area contributed by atoms with Crippen molar-refractivity contribution in [2.24, 2.45) is 18.0 Å². The molecule has 1 aromatic rings. The predicted octanol–water partition coefficient (Wildman–Crippen LogP) is 2.22. The van der Waals surface area contributed by atoms with E-state index >= 15 is 0 Å². The second-order valence-corrected chi connectivity index (χ2v) is 8.64. The SMILES string of the molecule is Cc1nnc(CN=C(NC2CCCCC2)NC2CN(C(C)C)CC2C)n1C. The summed E-state index contributed by atoms with van der Waals surface area (Å²) in [5.41, 5.74) is 0. The molecule has 2 fully saturated rings. The maximum Gasteiger partial charge on any atom is 0.192 e. The Balaban J connectivity index is 1.68. The van der Waals surface area contributed by atoms with Gasteiger partial charge in [-0.05, 0) is 39.5 Å². The van der Waals surface area contributed by atoms with Crippen LogP contribution in [0.2, 0.25) is 0 Å². The Bertz CT molecular complexity index is 630. The molecule has 7 heteroatoms. The number of guanidine groups is 1. The van der Waals surface area contributed by atoms with E-state index in [4.69, 9.17) is 4.99 Å². The van der Waals surface area contributed by atoms with Crippen LogP contribution < -0.4 is 10.6 Å². The molecule has 2 heterocycles. The number of nitrogens with zero attached hydrogens (tertiary/aromatic N) is 5. The molecule has 7 nitrogen and oxygen atoms in total. The minimum Gasteiger partial charge on any atom is -0.354 e. The van der Waals surface area contributed by atoms with Crippen LogP contribution in [0.4, 0.5) is 0 Å². The lowest BCUT2D eigenvalue weighted by atomic mass is 9.96. The van der Waals surface area contributed by atoms with E-state index < -0.39 is 0 Å². The lowest BCUT2D eigenvalue weighted by molar-refractivity contribution is 0.265. The second-order valence-electron chi connectivity index (χ2n) is 8.64. The summed E-state index contributed by atoms with van der Waals surface area (Å²) in [4.78, 5) is 7.43. The number of aromatic nitrogens is 3. The fourth-order valence-corrected chi connectivity index (χ4v) is 4.10. The van der Waals surface area contributed by atoms with Gasteiger partial charge in [0.1, 0.15) is 12.4 Å². The predicted molar refractivity (Wildman–Crippen MR) is 110 cm³/mol. The van der Waals surface area contributed by atoms with Crippen LogP contribution in [0.15, 0.2) is 4.99 Å². The molecule has 0 radical (unpaired) electrons. The Hall–Kier alpha value is -1.63. The van der Waals surface area contributed by atoms with Gasteiger partial charge >= 0.3 is 0 Å². The molecule has 0 spiro atoms. The van der Waals surface area contributed by atoms with E-state index in [-0.39, 0.29) is 0 Å². The summed E-state index contributed by atoms with van der Waals surface area (Å²) < 4.78 is 2.01. The zero-order chi connectivity index (χ0) is 19.4. The molecule has 0 amide bonds. The van der Waals surface area contributed by atoms with Gasteiger partial charge < -0.3 is 15.2 Å². The Morgan fingerprint density at radius 3 is 2.48 bits per heavy atom. The maximum absolute atomic E-state index is 4.88. The van der Waals surface area contributed by atoms with Gasteiger partial charge in [0.25, 0.3) is 0 Å². The summed E-state index contributed by atoms with van der Waals surface area (Å²) >= 11 is 0. The fraction of sp³-hybridized carbons (Fsp3) is 0.850. The summed E-state index contributed by atoms with van der Waals surface area (Å²) in [7, 11) is 2.00. The highest BCUT2D eigenvalue weighted by atomic mass is 15.3. The molecule has 2 unspecified atom stereocenters. The number of likely N-dealkylation sites (tertiary alicyclic amines) is 1. The fourth-order valence-electron chi connectivity index (χ4n) is 4.10. The molecule has 1 saturated heterocycles. The third-order valence-corrected chi connectivity index (χ3v) is 6.20. The summed E-state index contributed by atoms with van der Waals surface area (Å²) in [6, 6.07) is 1.56. The molecule has 2 atom stereocenters. The van der Waals surface area contributed by atoms with Gasteiger partial charge in [0.05, 0.1) is 0 Å². The Kier molecular flexibility index (Phi) is 6.73. The zero-order valence-corrected chi connectivity index (χ0v) is 17.7. The summed E-state index contributed by atoms with van der Waals surface area (Å²) in [5.74, 6) is 3.38. The number of rotatable bonds is 5. The molecule has 2 aliphatic rings. The van der Waals surface area contributed by atoms with Crippen molar-refractivity contribution in [3.63, 3.8) is 0 Å². The van der Waals surface area contributed by atoms with Gasteiger partial charge in [0.15, 0.2) is 11.8 Å². The number of aliphatic imine (C=N–C) groups is 1. The van der Waals surface area contributed by atoms with Crippen LogP contribution in [0.5, 0.6) is 0 Å². The third-order valence-electron chi connectivity index (χ3n) is 6.20. The first-order valence-corrected chi connectivity index (χ1v) is 10.6.